The third kappa shape index (κ3) is 4.33. The van der Waals surface area contributed by atoms with Crippen LogP contribution in [0.15, 0.2) is 41.2 Å². The first-order valence-electron chi connectivity index (χ1n) is 9.31. The highest BCUT2D eigenvalue weighted by Crippen LogP contribution is 2.34. The molecule has 4 rings (SSSR count). The number of esters is 1. The van der Waals surface area contributed by atoms with E-state index in [4.69, 9.17) is 16.0 Å². The molecule has 0 aliphatic carbocycles. The van der Waals surface area contributed by atoms with Crippen LogP contribution >= 0.6 is 11.6 Å². The molecule has 1 amide bonds. The number of amides is 1. The lowest BCUT2D eigenvalue weighted by atomic mass is 10.1. The quantitative estimate of drug-likeness (QED) is 0.335. The molecule has 0 radical (unpaired) electrons. The molecule has 13 heteroatoms. The summed E-state index contributed by atoms with van der Waals surface area (Å²) < 4.78 is 63.5. The summed E-state index contributed by atoms with van der Waals surface area (Å²) in [6.07, 6.45) is -2.83. The minimum Gasteiger partial charge on any atom is -0.457 e. The van der Waals surface area contributed by atoms with E-state index in [0.717, 1.165) is 6.07 Å². The molecule has 0 unspecified atom stereocenters. The predicted octanol–water partition coefficient (Wildman–Crippen LogP) is 4.31. The van der Waals surface area contributed by atoms with Crippen LogP contribution in [0.25, 0.3) is 16.6 Å². The molecule has 0 fully saturated rings. The normalized spacial score (nSPS) is 12.8. The van der Waals surface area contributed by atoms with Crippen molar-refractivity contribution in [3.05, 3.63) is 64.5 Å². The van der Waals surface area contributed by atoms with Gasteiger partial charge in [0.05, 0.1) is 17.8 Å². The Morgan fingerprint density at radius 3 is 2.79 bits per heavy atom. The molecule has 33 heavy (non-hydrogen) atoms. The number of furan rings is 1. The van der Waals surface area contributed by atoms with E-state index >= 15 is 0 Å². The van der Waals surface area contributed by atoms with Gasteiger partial charge in [-0.3, -0.25) is 4.79 Å². The van der Waals surface area contributed by atoms with Gasteiger partial charge in [0.2, 0.25) is 0 Å². The lowest BCUT2D eigenvalue weighted by Crippen LogP contribution is -2.31. The molecule has 0 saturated carbocycles. The van der Waals surface area contributed by atoms with Crippen LogP contribution in [0.5, 0.6) is 0 Å². The number of benzene rings is 1. The molecule has 0 saturated heterocycles. The molecule has 1 atom stereocenters. The fraction of sp³-hybridized carbons (Fsp3) is 0.200. The molecule has 0 bridgehead atoms. The first-order chi connectivity index (χ1) is 15.6. The summed E-state index contributed by atoms with van der Waals surface area (Å²) in [5.74, 6) is -2.99. The lowest BCUT2D eigenvalue weighted by Gasteiger charge is -2.16. The molecule has 1 N–H and O–H groups in total. The molecular formula is C20H13ClF4N4O4. The third-order valence-electron chi connectivity index (χ3n) is 4.66. The van der Waals surface area contributed by atoms with E-state index in [0.29, 0.717) is 18.6 Å². The average molecular weight is 485 g/mol. The molecule has 0 aliphatic heterocycles. The first kappa shape index (κ1) is 22.5. The van der Waals surface area contributed by atoms with Crippen molar-refractivity contribution in [2.45, 2.75) is 25.7 Å². The molecule has 172 valence electrons. The van der Waals surface area contributed by atoms with Gasteiger partial charge in [0.1, 0.15) is 22.7 Å². The molecule has 3 heterocycles. The van der Waals surface area contributed by atoms with Crippen molar-refractivity contribution in [3.63, 3.8) is 0 Å². The lowest BCUT2D eigenvalue weighted by molar-refractivity contribution is -0.198. The maximum absolute atomic E-state index is 14.1. The summed E-state index contributed by atoms with van der Waals surface area (Å²) in [6, 6.07) is 3.26. The monoisotopic (exact) mass is 484 g/mol. The molecule has 8 nitrogen and oxygen atoms in total. The fourth-order valence-electron chi connectivity index (χ4n) is 2.98. The van der Waals surface area contributed by atoms with E-state index < -0.39 is 35.5 Å². The molecular weight excluding hydrogens is 472 g/mol. The Morgan fingerprint density at radius 2 is 2.06 bits per heavy atom. The van der Waals surface area contributed by atoms with Crippen LogP contribution in [-0.4, -0.2) is 38.8 Å². The Balaban J connectivity index is 1.60. The average Bonchev–Trinajstić information content (AvgIpc) is 3.32. The topological polar surface area (TPSA) is 98.7 Å². The Hall–Kier alpha value is -3.67. The highest BCUT2D eigenvalue weighted by atomic mass is 35.5. The van der Waals surface area contributed by atoms with E-state index in [9.17, 15) is 27.2 Å². The second-order valence-corrected chi connectivity index (χ2v) is 7.27. The van der Waals surface area contributed by atoms with Gasteiger partial charge >= 0.3 is 12.1 Å². The van der Waals surface area contributed by atoms with Gasteiger partial charge in [-0.15, -0.1) is 0 Å². The van der Waals surface area contributed by atoms with Crippen LogP contribution in [0.3, 0.4) is 0 Å². The van der Waals surface area contributed by atoms with Crippen molar-refractivity contribution in [1.82, 2.24) is 19.9 Å². The van der Waals surface area contributed by atoms with Gasteiger partial charge < -0.3 is 14.5 Å². The van der Waals surface area contributed by atoms with Gasteiger partial charge in [0, 0.05) is 17.8 Å². The van der Waals surface area contributed by atoms with Gasteiger partial charge in [-0.1, -0.05) is 11.6 Å². The zero-order valence-corrected chi connectivity index (χ0v) is 17.4. The molecule has 1 aromatic carbocycles. The Labute approximate surface area is 187 Å². The molecule has 3 aromatic heterocycles. The molecule has 0 aliphatic rings. The van der Waals surface area contributed by atoms with Crippen LogP contribution in [0.1, 0.15) is 33.4 Å². The number of nitrogens with one attached hydrogen (secondary N) is 1. The zero-order chi connectivity index (χ0) is 23.9. The summed E-state index contributed by atoms with van der Waals surface area (Å²) in [6.45, 7) is 0.366. The molecule has 0 spiro atoms. The van der Waals surface area contributed by atoms with Gasteiger partial charge in [0.15, 0.2) is 17.3 Å². The van der Waals surface area contributed by atoms with Gasteiger partial charge in [-0.05, 0) is 25.1 Å². The zero-order valence-electron chi connectivity index (χ0n) is 16.6. The number of carbonyl (C=O) groups is 2. The third-order valence-corrected chi connectivity index (χ3v) is 5.07. The number of alkyl halides is 3. The van der Waals surface area contributed by atoms with Crippen molar-refractivity contribution in [3.8, 4) is 0 Å². The van der Waals surface area contributed by atoms with E-state index in [-0.39, 0.29) is 33.9 Å². The van der Waals surface area contributed by atoms with Crippen molar-refractivity contribution in [2.24, 2.45) is 0 Å². The minimum absolute atomic E-state index is 0.0482. The second-order valence-electron chi connectivity index (χ2n) is 6.89. The first-order valence-corrected chi connectivity index (χ1v) is 9.68. The Kier molecular flexibility index (Phi) is 5.70. The number of ether oxygens (including phenoxy) is 1. The maximum atomic E-state index is 14.1. The maximum Gasteiger partial charge on any atom is 0.425 e. The second kappa shape index (κ2) is 8.35. The fourth-order valence-corrected chi connectivity index (χ4v) is 3.23. The highest BCUT2D eigenvalue weighted by molar-refractivity contribution is 6.36. The summed E-state index contributed by atoms with van der Waals surface area (Å²) in [5.41, 5.74) is -0.383. The van der Waals surface area contributed by atoms with Crippen LogP contribution in [0, 0.1) is 5.82 Å². The van der Waals surface area contributed by atoms with E-state index in [1.165, 1.54) is 16.9 Å². The largest absolute Gasteiger partial charge is 0.457 e. The number of aromatic nitrogens is 3. The Morgan fingerprint density at radius 1 is 1.30 bits per heavy atom. The number of hydrogen-bond acceptors (Lipinski definition) is 6. The van der Waals surface area contributed by atoms with E-state index in [2.05, 4.69) is 20.1 Å². The van der Waals surface area contributed by atoms with Crippen LogP contribution < -0.4 is 5.32 Å². The van der Waals surface area contributed by atoms with Crippen LogP contribution in [0.4, 0.5) is 17.6 Å². The van der Waals surface area contributed by atoms with E-state index in [1.54, 1.807) is 12.3 Å². The summed E-state index contributed by atoms with van der Waals surface area (Å²) in [5, 5.41) is 6.35. The molecule has 4 aromatic rings. The number of nitrogens with zero attached hydrogens (tertiary/aromatic N) is 3. The van der Waals surface area contributed by atoms with Crippen molar-refractivity contribution < 1.29 is 36.3 Å². The summed E-state index contributed by atoms with van der Waals surface area (Å²) in [7, 11) is 0. The summed E-state index contributed by atoms with van der Waals surface area (Å²) in [4.78, 5) is 28.9. The number of rotatable bonds is 5. The van der Waals surface area contributed by atoms with Crippen molar-refractivity contribution in [1.29, 1.82) is 0 Å². The Bertz CT molecular complexity index is 1380. The smallest absolute Gasteiger partial charge is 0.425 e. The SMILES string of the molecule is C[C@H](OC(=O)c1cc(F)cc2c(Cl)c(CNC(=O)c3cnn4cccnc34)oc12)C(F)(F)F. The van der Waals surface area contributed by atoms with Crippen LogP contribution in [0.2, 0.25) is 5.02 Å². The summed E-state index contributed by atoms with van der Waals surface area (Å²) >= 11 is 6.21. The van der Waals surface area contributed by atoms with Gasteiger partial charge in [-0.2, -0.15) is 18.3 Å². The predicted molar refractivity (Wildman–Crippen MR) is 106 cm³/mol. The standard InChI is InChI=1S/C20H13ClF4N4O4/c1-9(20(23,24)25)32-19(31)12-6-10(22)5-11-15(21)14(33-16(11)12)8-27-18(30)13-7-28-29-4-2-3-26-17(13)29/h2-7,9H,8H2,1H3,(H,27,30)/t9-/m0/s1. The van der Waals surface area contributed by atoms with Gasteiger partial charge in [0.25, 0.3) is 5.91 Å². The van der Waals surface area contributed by atoms with E-state index in [1.807, 2.05) is 0 Å². The number of carbonyl (C=O) groups excluding carboxylic acids is 2. The highest BCUT2D eigenvalue weighted by Gasteiger charge is 2.39. The number of fused-ring (bicyclic) bond motifs is 2. The minimum atomic E-state index is -4.80. The number of halogens is 5. The number of hydrogen-bond donors (Lipinski definition) is 1. The van der Waals surface area contributed by atoms with Crippen molar-refractivity contribution >= 4 is 40.1 Å². The van der Waals surface area contributed by atoms with Crippen molar-refractivity contribution in [2.75, 3.05) is 0 Å². The van der Waals surface area contributed by atoms with Gasteiger partial charge in [-0.25, -0.2) is 18.7 Å². The van der Waals surface area contributed by atoms with Crippen LogP contribution in [-0.2, 0) is 11.3 Å².